The summed E-state index contributed by atoms with van der Waals surface area (Å²) in [6.45, 7) is -0.244. The molecule has 0 saturated carbocycles. The maximum Gasteiger partial charge on any atom is 1.00 e. The SMILES string of the molecule is O=S(=O)([O-])CCOc1cc(Cl)ccc1Cl.[Na+]. The number of rotatable bonds is 4. The van der Waals surface area contributed by atoms with Crippen LogP contribution in [0.5, 0.6) is 5.75 Å². The minimum absolute atomic E-state index is 0. The van der Waals surface area contributed by atoms with Gasteiger partial charge < -0.3 is 9.29 Å². The van der Waals surface area contributed by atoms with Crippen molar-refractivity contribution in [1.82, 2.24) is 0 Å². The molecule has 0 saturated heterocycles. The van der Waals surface area contributed by atoms with Gasteiger partial charge in [0.1, 0.15) is 12.4 Å². The maximum absolute atomic E-state index is 10.3. The molecule has 4 nitrogen and oxygen atoms in total. The number of halogens is 2. The van der Waals surface area contributed by atoms with Crippen LogP contribution in [0, 0.1) is 0 Å². The minimum Gasteiger partial charge on any atom is -0.748 e. The molecule has 0 aliphatic heterocycles. The van der Waals surface area contributed by atoms with Gasteiger partial charge >= 0.3 is 29.6 Å². The Morgan fingerprint density at radius 2 is 1.94 bits per heavy atom. The summed E-state index contributed by atoms with van der Waals surface area (Å²) < 4.78 is 35.8. The van der Waals surface area contributed by atoms with Crippen LogP contribution in [0.2, 0.25) is 10.0 Å². The molecule has 0 fully saturated rings. The number of hydrogen-bond acceptors (Lipinski definition) is 4. The van der Waals surface area contributed by atoms with E-state index in [0.717, 1.165) is 0 Å². The Morgan fingerprint density at radius 3 is 2.50 bits per heavy atom. The van der Waals surface area contributed by atoms with Gasteiger partial charge in [0.15, 0.2) is 0 Å². The summed E-state index contributed by atoms with van der Waals surface area (Å²) in [5.74, 6) is -0.344. The predicted molar refractivity (Wildman–Crippen MR) is 56.5 cm³/mol. The molecule has 0 amide bonds. The van der Waals surface area contributed by atoms with E-state index in [0.29, 0.717) is 10.0 Å². The molecule has 16 heavy (non-hydrogen) atoms. The van der Waals surface area contributed by atoms with Crippen LogP contribution in [0.15, 0.2) is 18.2 Å². The Labute approximate surface area is 126 Å². The third-order valence-corrected chi connectivity index (χ3v) is 2.70. The van der Waals surface area contributed by atoms with E-state index in [4.69, 9.17) is 27.9 Å². The molecule has 0 radical (unpaired) electrons. The van der Waals surface area contributed by atoms with E-state index in [1.807, 2.05) is 0 Å². The number of benzene rings is 1. The van der Waals surface area contributed by atoms with Gasteiger partial charge in [0.25, 0.3) is 0 Å². The third-order valence-electron chi connectivity index (χ3n) is 1.48. The number of hydrogen-bond donors (Lipinski definition) is 0. The third kappa shape index (κ3) is 6.30. The molecule has 84 valence electrons. The minimum atomic E-state index is -4.27. The van der Waals surface area contributed by atoms with Gasteiger partial charge in [-0.15, -0.1) is 0 Å². The van der Waals surface area contributed by atoms with E-state index in [2.05, 4.69) is 0 Å². The standard InChI is InChI=1S/C8H8Cl2O4S.Na/c9-6-1-2-7(10)8(5-6)14-3-4-15(11,12)13;/h1-2,5H,3-4H2,(H,11,12,13);/q;+1/p-1. The first-order valence-corrected chi connectivity index (χ1v) is 6.23. The van der Waals surface area contributed by atoms with Crippen molar-refractivity contribution >= 4 is 33.3 Å². The van der Waals surface area contributed by atoms with E-state index >= 15 is 0 Å². The molecule has 0 aliphatic rings. The van der Waals surface area contributed by atoms with E-state index < -0.39 is 15.9 Å². The van der Waals surface area contributed by atoms with Crippen LogP contribution in [-0.2, 0) is 10.1 Å². The molecule has 0 bridgehead atoms. The van der Waals surface area contributed by atoms with Gasteiger partial charge in [-0.05, 0) is 12.1 Å². The Balaban J connectivity index is 0.00000225. The van der Waals surface area contributed by atoms with Crippen LogP contribution in [-0.4, -0.2) is 25.3 Å². The second-order valence-electron chi connectivity index (χ2n) is 2.69. The van der Waals surface area contributed by atoms with Gasteiger partial charge in [-0.1, -0.05) is 23.2 Å². The van der Waals surface area contributed by atoms with Crippen molar-refractivity contribution in [2.45, 2.75) is 0 Å². The van der Waals surface area contributed by atoms with Gasteiger partial charge in [0.05, 0.1) is 20.9 Å². The largest absolute Gasteiger partial charge is 1.00 e. The van der Waals surface area contributed by atoms with Crippen molar-refractivity contribution in [3.63, 3.8) is 0 Å². The van der Waals surface area contributed by atoms with Gasteiger partial charge in [0, 0.05) is 11.1 Å². The average molecular weight is 293 g/mol. The van der Waals surface area contributed by atoms with Gasteiger partial charge in [-0.3, -0.25) is 0 Å². The summed E-state index contributed by atoms with van der Waals surface area (Å²) in [6.07, 6.45) is 0. The molecule has 0 heterocycles. The van der Waals surface area contributed by atoms with Crippen molar-refractivity contribution in [2.24, 2.45) is 0 Å². The molecule has 0 atom stereocenters. The summed E-state index contributed by atoms with van der Waals surface area (Å²) in [5, 5.41) is 0.724. The maximum atomic E-state index is 10.3. The Bertz CT molecular complexity index is 449. The normalized spacial score (nSPS) is 10.7. The Morgan fingerprint density at radius 1 is 1.31 bits per heavy atom. The molecule has 1 rings (SSSR count). The van der Waals surface area contributed by atoms with Gasteiger partial charge in [-0.2, -0.15) is 0 Å². The van der Waals surface area contributed by atoms with Crippen LogP contribution < -0.4 is 34.3 Å². The van der Waals surface area contributed by atoms with E-state index in [-0.39, 0.29) is 41.9 Å². The quantitative estimate of drug-likeness (QED) is 0.523. The average Bonchev–Trinajstić information content (AvgIpc) is 2.09. The zero-order valence-corrected chi connectivity index (χ0v) is 12.8. The summed E-state index contributed by atoms with van der Waals surface area (Å²) in [4.78, 5) is 0. The molecule has 0 spiro atoms. The van der Waals surface area contributed by atoms with Gasteiger partial charge in [0.2, 0.25) is 0 Å². The Kier molecular flexibility index (Phi) is 7.28. The second kappa shape index (κ2) is 7.06. The van der Waals surface area contributed by atoms with Gasteiger partial charge in [-0.25, -0.2) is 8.42 Å². The first-order valence-electron chi connectivity index (χ1n) is 3.90. The Hall–Kier alpha value is 0.510. The summed E-state index contributed by atoms with van der Waals surface area (Å²) in [6, 6.07) is 4.54. The van der Waals surface area contributed by atoms with Crippen molar-refractivity contribution in [2.75, 3.05) is 12.4 Å². The molecule has 0 unspecified atom stereocenters. The van der Waals surface area contributed by atoms with Crippen LogP contribution in [0.1, 0.15) is 0 Å². The van der Waals surface area contributed by atoms with E-state index in [1.165, 1.54) is 12.1 Å². The van der Waals surface area contributed by atoms with E-state index in [1.54, 1.807) is 6.07 Å². The monoisotopic (exact) mass is 292 g/mol. The van der Waals surface area contributed by atoms with Crippen molar-refractivity contribution in [3.05, 3.63) is 28.2 Å². The van der Waals surface area contributed by atoms with Crippen LogP contribution in [0.3, 0.4) is 0 Å². The van der Waals surface area contributed by atoms with Crippen LogP contribution in [0.25, 0.3) is 0 Å². The molecule has 1 aromatic carbocycles. The molecular weight excluding hydrogens is 286 g/mol. The molecule has 1 aromatic rings. The summed E-state index contributed by atoms with van der Waals surface area (Å²) in [7, 11) is -4.27. The zero-order valence-electron chi connectivity index (χ0n) is 8.44. The molecule has 0 N–H and O–H groups in total. The fourth-order valence-corrected chi connectivity index (χ4v) is 1.46. The van der Waals surface area contributed by atoms with Crippen LogP contribution >= 0.6 is 23.2 Å². The molecule has 8 heteroatoms. The summed E-state index contributed by atoms with van der Waals surface area (Å²) >= 11 is 11.4. The second-order valence-corrected chi connectivity index (χ2v) is 5.05. The van der Waals surface area contributed by atoms with Crippen molar-refractivity contribution in [1.29, 1.82) is 0 Å². The van der Waals surface area contributed by atoms with Crippen molar-refractivity contribution < 1.29 is 47.3 Å². The summed E-state index contributed by atoms with van der Waals surface area (Å²) in [5.41, 5.74) is 0. The van der Waals surface area contributed by atoms with Crippen molar-refractivity contribution in [3.8, 4) is 5.75 Å². The van der Waals surface area contributed by atoms with Crippen LogP contribution in [0.4, 0.5) is 0 Å². The molecule has 0 aromatic heterocycles. The van der Waals surface area contributed by atoms with E-state index in [9.17, 15) is 13.0 Å². The smallest absolute Gasteiger partial charge is 0.748 e. The molecule has 0 aliphatic carbocycles. The first kappa shape index (κ1) is 16.5. The molecular formula is C8H7Cl2NaO4S. The number of ether oxygens (including phenoxy) is 1. The zero-order chi connectivity index (χ0) is 11.5. The first-order chi connectivity index (χ1) is 6.88. The predicted octanol–water partition coefficient (Wildman–Crippen LogP) is -1.08. The fourth-order valence-electron chi connectivity index (χ4n) is 0.841. The fraction of sp³-hybridized carbons (Fsp3) is 0.250. The topological polar surface area (TPSA) is 66.4 Å².